The Labute approximate surface area is 120 Å². The van der Waals surface area contributed by atoms with Gasteiger partial charge in [-0.15, -0.1) is 11.3 Å². The first kappa shape index (κ1) is 14.7. The zero-order valence-electron chi connectivity index (χ0n) is 11.2. The highest BCUT2D eigenvalue weighted by molar-refractivity contribution is 7.10. The number of hydrogen-bond acceptors (Lipinski definition) is 2. The number of hydrogen-bond donors (Lipinski definition) is 1. The largest absolute Gasteiger partial charge is 0.344 e. The molecule has 0 saturated heterocycles. The van der Waals surface area contributed by atoms with Crippen LogP contribution in [0.1, 0.15) is 35.1 Å². The normalized spacial score (nSPS) is 12.4. The predicted octanol–water partition coefficient (Wildman–Crippen LogP) is 4.15. The van der Waals surface area contributed by atoms with Crippen LogP contribution in [0.15, 0.2) is 35.7 Å². The summed E-state index contributed by atoms with van der Waals surface area (Å²) >= 11 is 1.53. The Morgan fingerprint density at radius 1 is 1.25 bits per heavy atom. The molecule has 0 aliphatic heterocycles. The van der Waals surface area contributed by atoms with Gasteiger partial charge in [0.05, 0.1) is 11.6 Å². The van der Waals surface area contributed by atoms with E-state index < -0.39 is 17.5 Å². The lowest BCUT2D eigenvalue weighted by Gasteiger charge is -2.21. The quantitative estimate of drug-likeness (QED) is 0.902. The molecular formula is C15H15F2NOS. The fraction of sp³-hybridized carbons (Fsp3) is 0.267. The number of carbonyl (C=O) groups excluding carboxylic acids is 1. The van der Waals surface area contributed by atoms with Gasteiger partial charge in [-0.1, -0.05) is 19.9 Å². The second kappa shape index (κ2) is 6.13. The molecule has 0 bridgehead atoms. The number of thiophene rings is 1. The summed E-state index contributed by atoms with van der Waals surface area (Å²) < 4.78 is 26.5. The van der Waals surface area contributed by atoms with E-state index in [1.165, 1.54) is 11.3 Å². The topological polar surface area (TPSA) is 29.1 Å². The fourth-order valence-corrected chi connectivity index (χ4v) is 2.88. The maximum atomic E-state index is 13.6. The third kappa shape index (κ3) is 3.22. The maximum Gasteiger partial charge on any atom is 0.254 e. The Kier molecular flexibility index (Phi) is 4.49. The molecule has 1 aromatic carbocycles. The Bertz CT molecular complexity index is 596. The molecule has 106 valence electrons. The monoisotopic (exact) mass is 295 g/mol. The fourth-order valence-electron chi connectivity index (χ4n) is 1.93. The standard InChI is InChI=1S/C15H15F2NOS/c1-9(2)14(13-4-3-7-20-13)18-15(19)11-6-5-10(16)8-12(11)17/h3-9,14H,1-2H3,(H,18,19)/t14-/m0/s1. The van der Waals surface area contributed by atoms with Crippen molar-refractivity contribution in [1.29, 1.82) is 0 Å². The van der Waals surface area contributed by atoms with Crippen LogP contribution in [0.4, 0.5) is 8.78 Å². The van der Waals surface area contributed by atoms with E-state index in [1.807, 2.05) is 31.4 Å². The average molecular weight is 295 g/mol. The highest BCUT2D eigenvalue weighted by atomic mass is 32.1. The SMILES string of the molecule is CC(C)[C@H](NC(=O)c1ccc(F)cc1F)c1cccs1. The molecule has 2 rings (SSSR count). The molecule has 0 fully saturated rings. The van der Waals surface area contributed by atoms with Crippen molar-refractivity contribution >= 4 is 17.2 Å². The molecule has 0 spiro atoms. The summed E-state index contributed by atoms with van der Waals surface area (Å²) in [4.78, 5) is 13.1. The van der Waals surface area contributed by atoms with Gasteiger partial charge in [-0.3, -0.25) is 4.79 Å². The number of nitrogens with one attached hydrogen (secondary N) is 1. The van der Waals surface area contributed by atoms with Gasteiger partial charge < -0.3 is 5.32 Å². The van der Waals surface area contributed by atoms with Gasteiger partial charge in [-0.2, -0.15) is 0 Å². The molecule has 2 aromatic rings. The molecule has 0 saturated carbocycles. The molecule has 1 aromatic heterocycles. The van der Waals surface area contributed by atoms with E-state index in [2.05, 4.69) is 5.32 Å². The Morgan fingerprint density at radius 3 is 2.55 bits per heavy atom. The number of benzene rings is 1. The molecule has 0 unspecified atom stereocenters. The molecule has 1 N–H and O–H groups in total. The van der Waals surface area contributed by atoms with Crippen molar-refractivity contribution in [2.75, 3.05) is 0 Å². The zero-order valence-corrected chi connectivity index (χ0v) is 12.0. The number of rotatable bonds is 4. The molecule has 0 aliphatic carbocycles. The predicted molar refractivity (Wildman–Crippen MR) is 75.7 cm³/mol. The highest BCUT2D eigenvalue weighted by Crippen LogP contribution is 2.26. The van der Waals surface area contributed by atoms with E-state index in [0.29, 0.717) is 6.07 Å². The molecule has 5 heteroatoms. The Morgan fingerprint density at radius 2 is 2.00 bits per heavy atom. The van der Waals surface area contributed by atoms with Crippen LogP contribution in [0.3, 0.4) is 0 Å². The summed E-state index contributed by atoms with van der Waals surface area (Å²) in [6, 6.07) is 6.59. The molecule has 1 atom stereocenters. The van der Waals surface area contributed by atoms with Gasteiger partial charge in [0.2, 0.25) is 0 Å². The van der Waals surface area contributed by atoms with Crippen LogP contribution >= 0.6 is 11.3 Å². The Balaban J connectivity index is 2.21. The number of amides is 1. The van der Waals surface area contributed by atoms with Crippen molar-refractivity contribution in [3.05, 3.63) is 57.8 Å². The summed E-state index contributed by atoms with van der Waals surface area (Å²) in [7, 11) is 0. The summed E-state index contributed by atoms with van der Waals surface area (Å²) in [5, 5.41) is 4.73. The first-order valence-electron chi connectivity index (χ1n) is 6.28. The Hall–Kier alpha value is -1.75. The van der Waals surface area contributed by atoms with Gasteiger partial charge in [0.1, 0.15) is 11.6 Å². The maximum absolute atomic E-state index is 13.6. The summed E-state index contributed by atoms with van der Waals surface area (Å²) in [6.45, 7) is 3.96. The van der Waals surface area contributed by atoms with Crippen LogP contribution in [-0.4, -0.2) is 5.91 Å². The third-order valence-corrected chi connectivity index (χ3v) is 3.93. The van der Waals surface area contributed by atoms with Crippen LogP contribution in [0.2, 0.25) is 0 Å². The molecule has 0 aliphatic rings. The van der Waals surface area contributed by atoms with Crippen LogP contribution < -0.4 is 5.32 Å². The second-order valence-electron chi connectivity index (χ2n) is 4.83. The number of carbonyl (C=O) groups is 1. The number of halogens is 2. The molecular weight excluding hydrogens is 280 g/mol. The van der Waals surface area contributed by atoms with Crippen molar-refractivity contribution in [3.63, 3.8) is 0 Å². The van der Waals surface area contributed by atoms with Crippen LogP contribution in [-0.2, 0) is 0 Å². The van der Waals surface area contributed by atoms with Crippen molar-refractivity contribution in [2.45, 2.75) is 19.9 Å². The summed E-state index contributed by atoms with van der Waals surface area (Å²) in [5.41, 5.74) is -0.145. The minimum atomic E-state index is -0.851. The van der Waals surface area contributed by atoms with Crippen LogP contribution in [0, 0.1) is 17.6 Å². The first-order chi connectivity index (χ1) is 9.49. The smallest absolute Gasteiger partial charge is 0.254 e. The summed E-state index contributed by atoms with van der Waals surface area (Å²) in [6.07, 6.45) is 0. The minimum Gasteiger partial charge on any atom is -0.344 e. The lowest BCUT2D eigenvalue weighted by atomic mass is 10.0. The van der Waals surface area contributed by atoms with Crippen LogP contribution in [0.25, 0.3) is 0 Å². The van der Waals surface area contributed by atoms with Crippen molar-refractivity contribution in [3.8, 4) is 0 Å². The molecule has 1 amide bonds. The van der Waals surface area contributed by atoms with Crippen molar-refractivity contribution in [1.82, 2.24) is 5.32 Å². The molecule has 1 heterocycles. The van der Waals surface area contributed by atoms with Gasteiger partial charge in [-0.25, -0.2) is 8.78 Å². The molecule has 0 radical (unpaired) electrons. The highest BCUT2D eigenvalue weighted by Gasteiger charge is 2.21. The van der Waals surface area contributed by atoms with E-state index >= 15 is 0 Å². The zero-order chi connectivity index (χ0) is 14.7. The third-order valence-electron chi connectivity index (χ3n) is 2.98. The lowest BCUT2D eigenvalue weighted by molar-refractivity contribution is 0.0922. The average Bonchev–Trinajstić information content (AvgIpc) is 2.88. The van der Waals surface area contributed by atoms with Gasteiger partial charge in [0.15, 0.2) is 0 Å². The van der Waals surface area contributed by atoms with E-state index in [1.54, 1.807) is 0 Å². The first-order valence-corrected chi connectivity index (χ1v) is 7.16. The van der Waals surface area contributed by atoms with E-state index in [-0.39, 0.29) is 17.5 Å². The van der Waals surface area contributed by atoms with Crippen LogP contribution in [0.5, 0.6) is 0 Å². The van der Waals surface area contributed by atoms with Gasteiger partial charge in [-0.05, 0) is 29.5 Å². The van der Waals surface area contributed by atoms with Crippen molar-refractivity contribution < 1.29 is 13.6 Å². The minimum absolute atomic E-state index is 0.145. The summed E-state index contributed by atoms with van der Waals surface area (Å²) in [5.74, 6) is -1.91. The van der Waals surface area contributed by atoms with E-state index in [9.17, 15) is 13.6 Å². The second-order valence-corrected chi connectivity index (χ2v) is 5.81. The van der Waals surface area contributed by atoms with E-state index in [0.717, 1.165) is 17.0 Å². The van der Waals surface area contributed by atoms with Gasteiger partial charge >= 0.3 is 0 Å². The molecule has 20 heavy (non-hydrogen) atoms. The van der Waals surface area contributed by atoms with Gasteiger partial charge in [0.25, 0.3) is 5.91 Å². The van der Waals surface area contributed by atoms with Gasteiger partial charge in [0, 0.05) is 10.9 Å². The lowest BCUT2D eigenvalue weighted by Crippen LogP contribution is -2.31. The van der Waals surface area contributed by atoms with Crippen molar-refractivity contribution in [2.24, 2.45) is 5.92 Å². The molecule has 2 nitrogen and oxygen atoms in total. The van der Waals surface area contributed by atoms with E-state index in [4.69, 9.17) is 0 Å².